The van der Waals surface area contributed by atoms with Crippen molar-refractivity contribution in [3.05, 3.63) is 29.6 Å². The zero-order chi connectivity index (χ0) is 20.0. The quantitative estimate of drug-likeness (QED) is 0.785. The van der Waals surface area contributed by atoms with Crippen molar-refractivity contribution in [3.8, 4) is 6.07 Å². The summed E-state index contributed by atoms with van der Waals surface area (Å²) in [6.07, 6.45) is 6.23. The third kappa shape index (κ3) is 3.30. The van der Waals surface area contributed by atoms with E-state index in [1.165, 1.54) is 18.9 Å². The molecule has 3 saturated heterocycles. The molecular weight excluding hydrogens is 369 g/mol. The fraction of sp³-hybridized carbons (Fsp3) is 0.652. The Hall–Kier alpha value is -2.13. The maximum Gasteiger partial charge on any atom is 0.226 e. The molecule has 5 rings (SSSR count). The van der Waals surface area contributed by atoms with Gasteiger partial charge in [-0.2, -0.15) is 5.26 Å². The summed E-state index contributed by atoms with van der Waals surface area (Å²) in [5.41, 5.74) is 1.18. The zero-order valence-electron chi connectivity index (χ0n) is 16.8. The van der Waals surface area contributed by atoms with Gasteiger partial charge in [0.2, 0.25) is 5.91 Å². The minimum Gasteiger partial charge on any atom is -0.381 e. The molecule has 0 bridgehead atoms. The van der Waals surface area contributed by atoms with Gasteiger partial charge in [-0.15, -0.1) is 0 Å². The smallest absolute Gasteiger partial charge is 0.226 e. The molecule has 5 nitrogen and oxygen atoms in total. The lowest BCUT2D eigenvalue weighted by Crippen LogP contribution is -2.69. The number of halogens is 1. The van der Waals surface area contributed by atoms with Crippen molar-refractivity contribution in [2.24, 2.45) is 17.3 Å². The molecule has 0 aromatic heterocycles. The Morgan fingerprint density at radius 1 is 1.17 bits per heavy atom. The van der Waals surface area contributed by atoms with Gasteiger partial charge in [-0.1, -0.05) is 0 Å². The van der Waals surface area contributed by atoms with Crippen LogP contribution in [0.1, 0.15) is 44.1 Å². The molecule has 4 fully saturated rings. The summed E-state index contributed by atoms with van der Waals surface area (Å²) >= 11 is 0. The Kier molecular flexibility index (Phi) is 4.74. The van der Waals surface area contributed by atoms with E-state index >= 15 is 0 Å². The molecule has 0 N–H and O–H groups in total. The standard InChI is InChI=1S/C23H28FN3O2/c24-19-13-16(14-25)1-4-20(19)26-9-5-18(6-10-26)22(28)27-15-23(7-11-29-12-8-23)21(27)17-2-3-17/h1,4,13,17-18,21H,2-3,5-12,15H2. The Bertz CT molecular complexity index is 833. The molecule has 1 aliphatic carbocycles. The Labute approximate surface area is 171 Å². The average molecular weight is 397 g/mol. The predicted molar refractivity (Wildman–Crippen MR) is 107 cm³/mol. The minimum absolute atomic E-state index is 0.0473. The molecule has 1 saturated carbocycles. The second-order valence-electron chi connectivity index (χ2n) is 9.26. The first-order chi connectivity index (χ1) is 14.1. The summed E-state index contributed by atoms with van der Waals surface area (Å²) in [5, 5.41) is 8.92. The molecule has 1 atom stereocenters. The van der Waals surface area contributed by atoms with E-state index in [1.807, 2.05) is 11.0 Å². The van der Waals surface area contributed by atoms with Gasteiger partial charge < -0.3 is 14.5 Å². The molecule has 3 heterocycles. The number of nitriles is 1. The molecule has 0 radical (unpaired) electrons. The molecule has 3 aliphatic heterocycles. The third-order valence-electron chi connectivity index (χ3n) is 7.55. The topological polar surface area (TPSA) is 56.6 Å². The van der Waals surface area contributed by atoms with Crippen LogP contribution in [0.15, 0.2) is 18.2 Å². The van der Waals surface area contributed by atoms with Crippen molar-refractivity contribution in [3.63, 3.8) is 0 Å². The summed E-state index contributed by atoms with van der Waals surface area (Å²) in [5.74, 6) is 0.704. The van der Waals surface area contributed by atoms with E-state index in [0.29, 0.717) is 47.6 Å². The molecule has 154 valence electrons. The maximum atomic E-state index is 14.3. The molecule has 1 aromatic rings. The van der Waals surface area contributed by atoms with Crippen LogP contribution in [-0.4, -0.2) is 49.7 Å². The molecule has 1 amide bonds. The van der Waals surface area contributed by atoms with E-state index in [0.717, 1.165) is 45.4 Å². The van der Waals surface area contributed by atoms with Gasteiger partial charge in [-0.25, -0.2) is 4.39 Å². The van der Waals surface area contributed by atoms with Crippen molar-refractivity contribution in [2.75, 3.05) is 37.7 Å². The molecular formula is C23H28FN3O2. The normalized spacial score (nSPS) is 26.8. The van der Waals surface area contributed by atoms with Crippen molar-refractivity contribution in [2.45, 2.75) is 44.6 Å². The summed E-state index contributed by atoms with van der Waals surface area (Å²) < 4.78 is 19.9. The number of hydrogen-bond donors (Lipinski definition) is 0. The Balaban J connectivity index is 1.22. The van der Waals surface area contributed by atoms with Crippen LogP contribution in [0.25, 0.3) is 0 Å². The number of carbonyl (C=O) groups is 1. The van der Waals surface area contributed by atoms with Crippen molar-refractivity contribution in [1.29, 1.82) is 5.26 Å². The molecule has 29 heavy (non-hydrogen) atoms. The van der Waals surface area contributed by atoms with Gasteiger partial charge in [0, 0.05) is 50.2 Å². The monoisotopic (exact) mass is 397 g/mol. The van der Waals surface area contributed by atoms with Crippen LogP contribution in [0.2, 0.25) is 0 Å². The zero-order valence-corrected chi connectivity index (χ0v) is 16.8. The number of anilines is 1. The number of ether oxygens (including phenoxy) is 1. The summed E-state index contributed by atoms with van der Waals surface area (Å²) in [7, 11) is 0. The lowest BCUT2D eigenvalue weighted by molar-refractivity contribution is -0.175. The number of amides is 1. The van der Waals surface area contributed by atoms with Gasteiger partial charge in [0.05, 0.1) is 17.3 Å². The summed E-state index contributed by atoms with van der Waals surface area (Å²) in [4.78, 5) is 17.5. The predicted octanol–water partition coefficient (Wildman–Crippen LogP) is 3.33. The number of rotatable bonds is 3. The Morgan fingerprint density at radius 3 is 2.52 bits per heavy atom. The van der Waals surface area contributed by atoms with Crippen LogP contribution in [0, 0.1) is 34.4 Å². The average Bonchev–Trinajstić information content (AvgIpc) is 3.57. The minimum atomic E-state index is -0.355. The van der Waals surface area contributed by atoms with Crippen molar-refractivity contribution in [1.82, 2.24) is 4.90 Å². The molecule has 6 heteroatoms. The first kappa shape index (κ1) is 18.9. The first-order valence-corrected chi connectivity index (χ1v) is 10.9. The number of benzene rings is 1. The Morgan fingerprint density at radius 2 is 1.90 bits per heavy atom. The summed E-state index contributed by atoms with van der Waals surface area (Å²) in [6.45, 7) is 3.93. The van der Waals surface area contributed by atoms with Gasteiger partial charge in [-0.3, -0.25) is 4.79 Å². The first-order valence-electron chi connectivity index (χ1n) is 10.9. The number of hydrogen-bond acceptors (Lipinski definition) is 4. The largest absolute Gasteiger partial charge is 0.381 e. The van der Waals surface area contributed by atoms with Gasteiger partial charge in [-0.05, 0) is 62.6 Å². The fourth-order valence-corrected chi connectivity index (χ4v) is 5.80. The van der Waals surface area contributed by atoms with Gasteiger partial charge in [0.15, 0.2) is 0 Å². The molecule has 1 unspecified atom stereocenters. The van der Waals surface area contributed by atoms with Gasteiger partial charge in [0.1, 0.15) is 5.82 Å². The second kappa shape index (κ2) is 7.28. The third-order valence-corrected chi connectivity index (χ3v) is 7.55. The molecule has 1 aromatic carbocycles. The van der Waals surface area contributed by atoms with Crippen molar-refractivity contribution >= 4 is 11.6 Å². The van der Waals surface area contributed by atoms with E-state index < -0.39 is 0 Å². The highest BCUT2D eigenvalue weighted by molar-refractivity contribution is 5.81. The van der Waals surface area contributed by atoms with E-state index in [4.69, 9.17) is 10.00 Å². The van der Waals surface area contributed by atoms with E-state index in [-0.39, 0.29) is 11.7 Å². The van der Waals surface area contributed by atoms with E-state index in [1.54, 1.807) is 12.1 Å². The number of likely N-dealkylation sites (tertiary alicyclic amines) is 1. The summed E-state index contributed by atoms with van der Waals surface area (Å²) in [6, 6.07) is 7.03. The number of carbonyl (C=O) groups excluding carboxylic acids is 1. The fourth-order valence-electron chi connectivity index (χ4n) is 5.80. The second-order valence-corrected chi connectivity index (χ2v) is 9.26. The highest BCUT2D eigenvalue weighted by atomic mass is 19.1. The number of nitrogens with zero attached hydrogens (tertiary/aromatic N) is 3. The lowest BCUT2D eigenvalue weighted by Gasteiger charge is -2.60. The van der Waals surface area contributed by atoms with Gasteiger partial charge in [0.25, 0.3) is 0 Å². The number of piperidine rings is 1. The van der Waals surface area contributed by atoms with E-state index in [9.17, 15) is 9.18 Å². The molecule has 4 aliphatic rings. The maximum absolute atomic E-state index is 14.3. The highest BCUT2D eigenvalue weighted by Crippen LogP contribution is 2.55. The van der Waals surface area contributed by atoms with E-state index in [2.05, 4.69) is 4.90 Å². The lowest BCUT2D eigenvalue weighted by atomic mass is 9.64. The van der Waals surface area contributed by atoms with Gasteiger partial charge >= 0.3 is 0 Å². The van der Waals surface area contributed by atoms with Crippen molar-refractivity contribution < 1.29 is 13.9 Å². The highest BCUT2D eigenvalue weighted by Gasteiger charge is 2.60. The molecule has 1 spiro atoms. The van der Waals surface area contributed by atoms with Crippen LogP contribution < -0.4 is 4.90 Å². The van der Waals surface area contributed by atoms with Crippen LogP contribution in [0.5, 0.6) is 0 Å². The van der Waals surface area contributed by atoms with Crippen LogP contribution >= 0.6 is 0 Å². The SMILES string of the molecule is N#Cc1ccc(N2CCC(C(=O)N3CC4(CCOCC4)C3C3CC3)CC2)c(F)c1. The van der Waals surface area contributed by atoms with Crippen LogP contribution in [0.4, 0.5) is 10.1 Å². The van der Waals surface area contributed by atoms with Crippen LogP contribution in [-0.2, 0) is 9.53 Å². The van der Waals surface area contributed by atoms with Crippen LogP contribution in [0.3, 0.4) is 0 Å².